The van der Waals surface area contributed by atoms with E-state index in [-0.39, 0.29) is 0 Å². The Morgan fingerprint density at radius 1 is 1.08 bits per heavy atom. The zero-order chi connectivity index (χ0) is 17.4. The zero-order valence-electron chi connectivity index (χ0n) is 14.1. The number of benzene rings is 2. The standard InChI is InChI=1S/C18H22BrN3O2/c1-4-20-18(21-12-13-6-5-7-14(19)10-13)22-15-8-9-16(23-2)17(11-15)24-3/h5-11H,4,12H2,1-3H3,(H2,20,21,22). The summed E-state index contributed by atoms with van der Waals surface area (Å²) in [5.74, 6) is 2.08. The van der Waals surface area contributed by atoms with Gasteiger partial charge in [0.05, 0.1) is 20.8 Å². The van der Waals surface area contributed by atoms with Gasteiger partial charge in [-0.15, -0.1) is 0 Å². The van der Waals surface area contributed by atoms with Gasteiger partial charge in [-0.2, -0.15) is 0 Å². The van der Waals surface area contributed by atoms with Gasteiger partial charge in [-0.1, -0.05) is 28.1 Å². The van der Waals surface area contributed by atoms with E-state index in [2.05, 4.69) is 37.6 Å². The van der Waals surface area contributed by atoms with Crippen molar-refractivity contribution in [2.75, 3.05) is 26.1 Å². The molecule has 0 aliphatic carbocycles. The SMILES string of the molecule is CCNC(=NCc1cccc(Br)c1)Nc1ccc(OC)c(OC)c1. The fourth-order valence-corrected chi connectivity index (χ4v) is 2.61. The summed E-state index contributed by atoms with van der Waals surface area (Å²) in [7, 11) is 3.24. The van der Waals surface area contributed by atoms with Crippen molar-refractivity contribution in [3.8, 4) is 11.5 Å². The Hall–Kier alpha value is -2.21. The summed E-state index contributed by atoms with van der Waals surface area (Å²) in [4.78, 5) is 4.62. The van der Waals surface area contributed by atoms with Crippen LogP contribution in [0.4, 0.5) is 5.69 Å². The molecule has 0 spiro atoms. The van der Waals surface area contributed by atoms with Crippen LogP contribution in [0.5, 0.6) is 11.5 Å². The van der Waals surface area contributed by atoms with Crippen molar-refractivity contribution in [2.24, 2.45) is 4.99 Å². The number of nitrogens with one attached hydrogen (secondary N) is 2. The van der Waals surface area contributed by atoms with Crippen LogP contribution in [0, 0.1) is 0 Å². The Kier molecular flexibility index (Phi) is 6.93. The van der Waals surface area contributed by atoms with E-state index in [0.717, 1.165) is 22.3 Å². The summed E-state index contributed by atoms with van der Waals surface area (Å²) in [5, 5.41) is 6.52. The maximum absolute atomic E-state index is 5.33. The van der Waals surface area contributed by atoms with Crippen LogP contribution in [0.3, 0.4) is 0 Å². The average molecular weight is 392 g/mol. The van der Waals surface area contributed by atoms with E-state index >= 15 is 0 Å². The first-order chi connectivity index (χ1) is 11.7. The number of methoxy groups -OCH3 is 2. The molecule has 6 heteroatoms. The van der Waals surface area contributed by atoms with E-state index in [0.29, 0.717) is 24.0 Å². The van der Waals surface area contributed by atoms with Crippen molar-refractivity contribution in [2.45, 2.75) is 13.5 Å². The van der Waals surface area contributed by atoms with Crippen LogP contribution in [0.15, 0.2) is 51.9 Å². The fraction of sp³-hybridized carbons (Fsp3) is 0.278. The van der Waals surface area contributed by atoms with E-state index in [1.54, 1.807) is 14.2 Å². The number of nitrogens with zero attached hydrogens (tertiary/aromatic N) is 1. The maximum atomic E-state index is 5.33. The minimum atomic E-state index is 0.585. The number of hydrogen-bond acceptors (Lipinski definition) is 3. The van der Waals surface area contributed by atoms with Gasteiger partial charge in [0, 0.05) is 22.8 Å². The first-order valence-corrected chi connectivity index (χ1v) is 8.47. The highest BCUT2D eigenvalue weighted by Crippen LogP contribution is 2.29. The van der Waals surface area contributed by atoms with Gasteiger partial charge in [0.1, 0.15) is 0 Å². The molecule has 128 valence electrons. The molecule has 0 aromatic heterocycles. The first kappa shape index (κ1) is 18.1. The summed E-state index contributed by atoms with van der Waals surface area (Å²) in [5.41, 5.74) is 2.01. The Morgan fingerprint density at radius 3 is 2.54 bits per heavy atom. The van der Waals surface area contributed by atoms with Crippen molar-refractivity contribution < 1.29 is 9.47 Å². The molecule has 24 heavy (non-hydrogen) atoms. The van der Waals surface area contributed by atoms with E-state index < -0.39 is 0 Å². The van der Waals surface area contributed by atoms with Crippen LogP contribution in [-0.4, -0.2) is 26.7 Å². The number of hydrogen-bond donors (Lipinski definition) is 2. The van der Waals surface area contributed by atoms with Crippen LogP contribution < -0.4 is 20.1 Å². The number of guanidine groups is 1. The van der Waals surface area contributed by atoms with Crippen LogP contribution in [0.25, 0.3) is 0 Å². The van der Waals surface area contributed by atoms with Gasteiger partial charge in [0.25, 0.3) is 0 Å². The largest absolute Gasteiger partial charge is 0.493 e. The van der Waals surface area contributed by atoms with Crippen LogP contribution in [0.1, 0.15) is 12.5 Å². The first-order valence-electron chi connectivity index (χ1n) is 7.68. The Labute approximate surface area is 151 Å². The second-order valence-corrected chi connectivity index (χ2v) is 5.94. The Morgan fingerprint density at radius 2 is 1.88 bits per heavy atom. The van der Waals surface area contributed by atoms with Crippen molar-refractivity contribution in [1.82, 2.24) is 5.32 Å². The summed E-state index contributed by atoms with van der Waals surface area (Å²) < 4.78 is 11.6. The molecule has 0 heterocycles. The van der Waals surface area contributed by atoms with Crippen molar-refractivity contribution in [3.05, 3.63) is 52.5 Å². The molecule has 0 fully saturated rings. The molecule has 0 atom stereocenters. The van der Waals surface area contributed by atoms with Crippen LogP contribution >= 0.6 is 15.9 Å². The number of ether oxygens (including phenoxy) is 2. The van der Waals surface area contributed by atoms with E-state index in [9.17, 15) is 0 Å². The Balaban J connectivity index is 2.14. The van der Waals surface area contributed by atoms with Gasteiger partial charge < -0.3 is 20.1 Å². The molecule has 0 amide bonds. The maximum Gasteiger partial charge on any atom is 0.196 e. The van der Waals surface area contributed by atoms with E-state index in [4.69, 9.17) is 9.47 Å². The molecule has 0 unspecified atom stereocenters. The average Bonchev–Trinajstić information content (AvgIpc) is 2.60. The van der Waals surface area contributed by atoms with Gasteiger partial charge in [-0.05, 0) is 36.8 Å². The third kappa shape index (κ3) is 5.16. The smallest absolute Gasteiger partial charge is 0.196 e. The molecule has 5 nitrogen and oxygen atoms in total. The lowest BCUT2D eigenvalue weighted by Gasteiger charge is -2.14. The predicted molar refractivity (Wildman–Crippen MR) is 102 cm³/mol. The molecule has 0 aliphatic heterocycles. The highest BCUT2D eigenvalue weighted by atomic mass is 79.9. The normalized spacial score (nSPS) is 11.1. The van der Waals surface area contributed by atoms with Gasteiger partial charge in [-0.25, -0.2) is 4.99 Å². The molecular formula is C18H22BrN3O2. The topological polar surface area (TPSA) is 54.9 Å². The number of anilines is 1. The second-order valence-electron chi connectivity index (χ2n) is 5.02. The molecular weight excluding hydrogens is 370 g/mol. The van der Waals surface area contributed by atoms with Gasteiger partial charge in [0.15, 0.2) is 17.5 Å². The molecule has 0 radical (unpaired) electrons. The zero-order valence-corrected chi connectivity index (χ0v) is 15.7. The van der Waals surface area contributed by atoms with Gasteiger partial charge >= 0.3 is 0 Å². The second kappa shape index (κ2) is 9.17. The fourth-order valence-electron chi connectivity index (χ4n) is 2.16. The highest BCUT2D eigenvalue weighted by Gasteiger charge is 2.06. The van der Waals surface area contributed by atoms with Gasteiger partial charge in [-0.3, -0.25) is 0 Å². The van der Waals surface area contributed by atoms with Gasteiger partial charge in [0.2, 0.25) is 0 Å². The summed E-state index contributed by atoms with van der Waals surface area (Å²) >= 11 is 3.48. The number of halogens is 1. The highest BCUT2D eigenvalue weighted by molar-refractivity contribution is 9.10. The lowest BCUT2D eigenvalue weighted by Crippen LogP contribution is -2.30. The lowest BCUT2D eigenvalue weighted by atomic mass is 10.2. The van der Waals surface area contributed by atoms with Crippen molar-refractivity contribution in [1.29, 1.82) is 0 Å². The predicted octanol–water partition coefficient (Wildman–Crippen LogP) is 4.04. The third-order valence-corrected chi connectivity index (χ3v) is 3.79. The molecule has 2 aromatic rings. The quantitative estimate of drug-likeness (QED) is 0.576. The molecule has 2 rings (SSSR count). The molecule has 0 saturated heterocycles. The van der Waals surface area contributed by atoms with Crippen LogP contribution in [-0.2, 0) is 6.54 Å². The summed E-state index contributed by atoms with van der Waals surface area (Å²) in [6.07, 6.45) is 0. The number of aliphatic imine (C=N–C) groups is 1. The summed E-state index contributed by atoms with van der Waals surface area (Å²) in [6.45, 7) is 3.39. The minimum absolute atomic E-state index is 0.585. The third-order valence-electron chi connectivity index (χ3n) is 3.30. The Bertz CT molecular complexity index is 704. The van der Waals surface area contributed by atoms with Crippen LogP contribution in [0.2, 0.25) is 0 Å². The lowest BCUT2D eigenvalue weighted by molar-refractivity contribution is 0.355. The minimum Gasteiger partial charge on any atom is -0.493 e. The van der Waals surface area contributed by atoms with E-state index in [1.807, 2.05) is 43.3 Å². The van der Waals surface area contributed by atoms with E-state index in [1.165, 1.54) is 0 Å². The molecule has 0 saturated carbocycles. The molecule has 0 aliphatic rings. The molecule has 2 aromatic carbocycles. The summed E-state index contributed by atoms with van der Waals surface area (Å²) in [6, 6.07) is 13.8. The monoisotopic (exact) mass is 391 g/mol. The molecule has 2 N–H and O–H groups in total. The van der Waals surface area contributed by atoms with Crippen molar-refractivity contribution >= 4 is 27.6 Å². The number of rotatable bonds is 6. The molecule has 0 bridgehead atoms. The van der Waals surface area contributed by atoms with Crippen molar-refractivity contribution in [3.63, 3.8) is 0 Å².